The smallest absolute Gasteiger partial charge is 0.249 e. The number of pyridine rings is 2. The Hall–Kier alpha value is -1.84. The molecule has 2 aromatic rings. The Balaban J connectivity index is 2.02. The Bertz CT molecular complexity index is 605. The molecule has 3 rings (SSSR count). The number of hydrogen-bond acceptors (Lipinski definition) is 3. The maximum atomic E-state index is 11.2. The highest BCUT2D eigenvalue weighted by atomic mass is 16.1. The molecule has 0 spiro atoms. The first-order valence-electron chi connectivity index (χ1n) is 5.96. The SMILES string of the molecule is CC1CCN(c2cnc3[nH]c(=O)ccc3c2)C1. The van der Waals surface area contributed by atoms with Crippen molar-refractivity contribution < 1.29 is 0 Å². The minimum absolute atomic E-state index is 0.104. The van der Waals surface area contributed by atoms with Crippen LogP contribution in [0.3, 0.4) is 0 Å². The molecule has 0 aliphatic carbocycles. The van der Waals surface area contributed by atoms with Crippen molar-refractivity contribution in [2.45, 2.75) is 13.3 Å². The maximum Gasteiger partial charge on any atom is 0.249 e. The van der Waals surface area contributed by atoms with Crippen LogP contribution in [0.25, 0.3) is 11.0 Å². The summed E-state index contributed by atoms with van der Waals surface area (Å²) in [6, 6.07) is 5.46. The second-order valence-corrected chi connectivity index (χ2v) is 4.79. The van der Waals surface area contributed by atoms with Gasteiger partial charge in [-0.15, -0.1) is 0 Å². The average molecular weight is 229 g/mol. The van der Waals surface area contributed by atoms with E-state index in [0.717, 1.165) is 30.1 Å². The second-order valence-electron chi connectivity index (χ2n) is 4.79. The largest absolute Gasteiger partial charge is 0.370 e. The van der Waals surface area contributed by atoms with E-state index < -0.39 is 0 Å². The maximum absolute atomic E-state index is 11.2. The highest BCUT2D eigenvalue weighted by Gasteiger charge is 2.19. The first-order chi connectivity index (χ1) is 8.22. The van der Waals surface area contributed by atoms with Crippen molar-refractivity contribution in [3.05, 3.63) is 34.7 Å². The van der Waals surface area contributed by atoms with Crippen LogP contribution in [0, 0.1) is 5.92 Å². The molecule has 17 heavy (non-hydrogen) atoms. The molecule has 1 fully saturated rings. The topological polar surface area (TPSA) is 49.0 Å². The van der Waals surface area contributed by atoms with E-state index in [1.165, 1.54) is 6.42 Å². The molecule has 88 valence electrons. The zero-order valence-electron chi connectivity index (χ0n) is 9.81. The van der Waals surface area contributed by atoms with Crippen LogP contribution in [-0.4, -0.2) is 23.1 Å². The zero-order valence-corrected chi connectivity index (χ0v) is 9.81. The molecule has 1 unspecified atom stereocenters. The van der Waals surface area contributed by atoms with Gasteiger partial charge in [0.1, 0.15) is 5.65 Å². The summed E-state index contributed by atoms with van der Waals surface area (Å²) >= 11 is 0. The summed E-state index contributed by atoms with van der Waals surface area (Å²) in [5.74, 6) is 0.751. The summed E-state index contributed by atoms with van der Waals surface area (Å²) in [7, 11) is 0. The van der Waals surface area contributed by atoms with Gasteiger partial charge in [-0.05, 0) is 24.5 Å². The van der Waals surface area contributed by atoms with E-state index in [1.54, 1.807) is 6.07 Å². The van der Waals surface area contributed by atoms with Gasteiger partial charge in [0.25, 0.3) is 0 Å². The summed E-state index contributed by atoms with van der Waals surface area (Å²) in [4.78, 5) is 20.6. The molecule has 2 aromatic heterocycles. The molecule has 3 heterocycles. The lowest BCUT2D eigenvalue weighted by Crippen LogP contribution is -2.19. The van der Waals surface area contributed by atoms with Crippen molar-refractivity contribution in [3.8, 4) is 0 Å². The lowest BCUT2D eigenvalue weighted by atomic mass is 10.2. The zero-order chi connectivity index (χ0) is 11.8. The van der Waals surface area contributed by atoms with E-state index in [2.05, 4.69) is 27.9 Å². The van der Waals surface area contributed by atoms with Crippen LogP contribution >= 0.6 is 0 Å². The number of aromatic amines is 1. The highest BCUT2D eigenvalue weighted by Crippen LogP contribution is 2.24. The first kappa shape index (κ1) is 10.3. The van der Waals surface area contributed by atoms with Gasteiger partial charge in [-0.3, -0.25) is 4.79 Å². The van der Waals surface area contributed by atoms with Gasteiger partial charge in [-0.1, -0.05) is 6.92 Å². The predicted octanol–water partition coefficient (Wildman–Crippen LogP) is 1.77. The van der Waals surface area contributed by atoms with Gasteiger partial charge >= 0.3 is 0 Å². The molecule has 1 atom stereocenters. The van der Waals surface area contributed by atoms with Crippen LogP contribution in [0.1, 0.15) is 13.3 Å². The fourth-order valence-corrected chi connectivity index (χ4v) is 2.37. The molecule has 0 saturated carbocycles. The molecule has 0 aromatic carbocycles. The van der Waals surface area contributed by atoms with Gasteiger partial charge in [0.05, 0.1) is 11.9 Å². The van der Waals surface area contributed by atoms with E-state index >= 15 is 0 Å². The minimum atomic E-state index is -0.104. The monoisotopic (exact) mass is 229 g/mol. The second kappa shape index (κ2) is 3.87. The van der Waals surface area contributed by atoms with Crippen LogP contribution < -0.4 is 10.5 Å². The third-order valence-electron chi connectivity index (χ3n) is 3.35. The highest BCUT2D eigenvalue weighted by molar-refractivity contribution is 5.78. The van der Waals surface area contributed by atoms with Crippen molar-refractivity contribution in [1.82, 2.24) is 9.97 Å². The number of aromatic nitrogens is 2. The summed E-state index contributed by atoms with van der Waals surface area (Å²) in [5.41, 5.74) is 1.70. The Morgan fingerprint density at radius 2 is 2.35 bits per heavy atom. The normalized spacial score (nSPS) is 20.1. The van der Waals surface area contributed by atoms with Crippen molar-refractivity contribution in [2.75, 3.05) is 18.0 Å². The average Bonchev–Trinajstić information content (AvgIpc) is 2.75. The van der Waals surface area contributed by atoms with Gasteiger partial charge < -0.3 is 9.88 Å². The number of nitrogens with zero attached hydrogens (tertiary/aromatic N) is 2. The van der Waals surface area contributed by atoms with E-state index in [4.69, 9.17) is 0 Å². The third kappa shape index (κ3) is 1.90. The molecule has 0 bridgehead atoms. The molecule has 1 aliphatic rings. The van der Waals surface area contributed by atoms with Crippen molar-refractivity contribution in [2.24, 2.45) is 5.92 Å². The van der Waals surface area contributed by atoms with E-state index in [1.807, 2.05) is 12.3 Å². The lowest BCUT2D eigenvalue weighted by molar-refractivity contribution is 0.659. The Labute approximate surface area is 99.3 Å². The quantitative estimate of drug-likeness (QED) is 0.810. The Kier molecular flexibility index (Phi) is 2.35. The molecular weight excluding hydrogens is 214 g/mol. The van der Waals surface area contributed by atoms with Gasteiger partial charge in [-0.25, -0.2) is 4.98 Å². The molecule has 4 nitrogen and oxygen atoms in total. The van der Waals surface area contributed by atoms with Gasteiger partial charge in [0.15, 0.2) is 0 Å². The summed E-state index contributed by atoms with van der Waals surface area (Å²) in [5, 5.41) is 0.988. The Morgan fingerprint density at radius 3 is 3.12 bits per heavy atom. The molecule has 0 radical (unpaired) electrons. The van der Waals surface area contributed by atoms with E-state index in [0.29, 0.717) is 5.65 Å². The third-order valence-corrected chi connectivity index (χ3v) is 3.35. The number of rotatable bonds is 1. The predicted molar refractivity (Wildman–Crippen MR) is 68.4 cm³/mol. The number of nitrogens with one attached hydrogen (secondary N) is 1. The minimum Gasteiger partial charge on any atom is -0.370 e. The lowest BCUT2D eigenvalue weighted by Gasteiger charge is -2.17. The number of hydrogen-bond donors (Lipinski definition) is 1. The van der Waals surface area contributed by atoms with Crippen LogP contribution in [0.4, 0.5) is 5.69 Å². The fraction of sp³-hybridized carbons (Fsp3) is 0.385. The fourth-order valence-electron chi connectivity index (χ4n) is 2.37. The molecule has 1 N–H and O–H groups in total. The number of anilines is 1. The molecule has 1 saturated heterocycles. The van der Waals surface area contributed by atoms with Crippen LogP contribution in [0.2, 0.25) is 0 Å². The van der Waals surface area contributed by atoms with Gasteiger partial charge in [0.2, 0.25) is 5.56 Å². The Morgan fingerprint density at radius 1 is 1.47 bits per heavy atom. The standard InChI is InChI=1S/C13H15N3O/c1-9-4-5-16(8-9)11-6-10-2-3-12(17)15-13(10)14-7-11/h2-3,6-7,9H,4-5,8H2,1H3,(H,14,15,17). The van der Waals surface area contributed by atoms with Crippen LogP contribution in [0.5, 0.6) is 0 Å². The van der Waals surface area contributed by atoms with Crippen molar-refractivity contribution in [1.29, 1.82) is 0 Å². The first-order valence-corrected chi connectivity index (χ1v) is 5.96. The summed E-state index contributed by atoms with van der Waals surface area (Å²) < 4.78 is 0. The van der Waals surface area contributed by atoms with E-state index in [9.17, 15) is 4.79 Å². The number of fused-ring (bicyclic) bond motifs is 1. The molecule has 1 aliphatic heterocycles. The van der Waals surface area contributed by atoms with Gasteiger partial charge in [0, 0.05) is 24.5 Å². The van der Waals surface area contributed by atoms with Crippen molar-refractivity contribution >= 4 is 16.7 Å². The van der Waals surface area contributed by atoms with Crippen LogP contribution in [-0.2, 0) is 0 Å². The molecular formula is C13H15N3O. The summed E-state index contributed by atoms with van der Waals surface area (Å²) in [6.07, 6.45) is 3.08. The molecule has 4 heteroatoms. The van der Waals surface area contributed by atoms with E-state index in [-0.39, 0.29) is 5.56 Å². The summed E-state index contributed by atoms with van der Waals surface area (Å²) in [6.45, 7) is 4.46. The van der Waals surface area contributed by atoms with Crippen molar-refractivity contribution in [3.63, 3.8) is 0 Å². The van der Waals surface area contributed by atoms with Gasteiger partial charge in [-0.2, -0.15) is 0 Å². The van der Waals surface area contributed by atoms with Crippen LogP contribution in [0.15, 0.2) is 29.2 Å². The molecule has 0 amide bonds. The number of H-pyrrole nitrogens is 1.